The van der Waals surface area contributed by atoms with E-state index in [0.717, 1.165) is 0 Å². The molecule has 5 nitrogen and oxygen atoms in total. The van der Waals surface area contributed by atoms with Gasteiger partial charge in [-0.15, -0.1) is 0 Å². The summed E-state index contributed by atoms with van der Waals surface area (Å²) >= 11 is 0. The van der Waals surface area contributed by atoms with Crippen LogP contribution in [-0.4, -0.2) is 16.1 Å². The average molecular weight is 212 g/mol. The van der Waals surface area contributed by atoms with Gasteiger partial charge in [0, 0.05) is 0 Å². The highest BCUT2D eigenvalue weighted by atomic mass is 16.6. The van der Waals surface area contributed by atoms with Crippen LogP contribution in [0.1, 0.15) is 38.9 Å². The van der Waals surface area contributed by atoms with Crippen LogP contribution in [0, 0.1) is 12.3 Å². The van der Waals surface area contributed by atoms with Crippen LogP contribution in [0.2, 0.25) is 0 Å². The lowest BCUT2D eigenvalue weighted by atomic mass is 9.93. The van der Waals surface area contributed by atoms with Crippen LogP contribution in [0.4, 0.5) is 0 Å². The number of hydrogen-bond donors (Lipinski definition) is 0. The van der Waals surface area contributed by atoms with Crippen LogP contribution in [0.5, 0.6) is 0 Å². The highest BCUT2D eigenvalue weighted by molar-refractivity contribution is 5.70. The second-order valence-electron chi connectivity index (χ2n) is 4.63. The predicted octanol–water partition coefficient (Wildman–Crippen LogP) is 1.86. The van der Waals surface area contributed by atoms with Crippen molar-refractivity contribution in [2.24, 2.45) is 5.41 Å². The van der Waals surface area contributed by atoms with Crippen LogP contribution in [0.15, 0.2) is 4.52 Å². The van der Waals surface area contributed by atoms with Crippen LogP contribution in [0.3, 0.4) is 0 Å². The highest BCUT2D eigenvalue weighted by Gasteiger charge is 2.17. The topological polar surface area (TPSA) is 65.2 Å². The Morgan fingerprint density at radius 3 is 2.60 bits per heavy atom. The number of ether oxygens (including phenoxy) is 1. The third kappa shape index (κ3) is 4.58. The summed E-state index contributed by atoms with van der Waals surface area (Å²) in [6.07, 6.45) is 0.375. The van der Waals surface area contributed by atoms with Gasteiger partial charge < -0.3 is 9.26 Å². The normalized spacial score (nSPS) is 11.5. The van der Waals surface area contributed by atoms with Gasteiger partial charge in [0.1, 0.15) is 0 Å². The maximum absolute atomic E-state index is 11.3. The van der Waals surface area contributed by atoms with E-state index >= 15 is 0 Å². The fraction of sp³-hybridized carbons (Fsp3) is 0.700. The number of aryl methyl sites for hydroxylation is 1. The second kappa shape index (κ2) is 4.42. The SMILES string of the molecule is Cc1noc(COC(=O)CC(C)(C)C)n1. The van der Waals surface area contributed by atoms with Crippen molar-refractivity contribution in [1.29, 1.82) is 0 Å². The molecule has 1 aromatic rings. The molecule has 84 valence electrons. The molecule has 0 aliphatic heterocycles. The molecule has 0 spiro atoms. The predicted molar refractivity (Wildman–Crippen MR) is 52.9 cm³/mol. The summed E-state index contributed by atoms with van der Waals surface area (Å²) in [4.78, 5) is 15.3. The molecule has 0 amide bonds. The van der Waals surface area contributed by atoms with Gasteiger partial charge in [0.15, 0.2) is 12.4 Å². The molecule has 0 N–H and O–H groups in total. The molecule has 0 aliphatic carbocycles. The Morgan fingerprint density at radius 1 is 1.47 bits per heavy atom. The lowest BCUT2D eigenvalue weighted by Gasteiger charge is -2.15. The van der Waals surface area contributed by atoms with E-state index < -0.39 is 0 Å². The van der Waals surface area contributed by atoms with E-state index in [2.05, 4.69) is 10.1 Å². The van der Waals surface area contributed by atoms with Crippen LogP contribution >= 0.6 is 0 Å². The van der Waals surface area contributed by atoms with Crippen molar-refractivity contribution in [3.63, 3.8) is 0 Å². The van der Waals surface area contributed by atoms with Gasteiger partial charge in [0.2, 0.25) is 0 Å². The standard InChI is InChI=1S/C10H16N2O3/c1-7-11-8(15-12-7)6-14-9(13)5-10(2,3)4/h5-6H2,1-4H3. The van der Waals surface area contributed by atoms with Crippen molar-refractivity contribution in [2.75, 3.05) is 0 Å². The first-order chi connectivity index (χ1) is 6.87. The lowest BCUT2D eigenvalue weighted by molar-refractivity contribution is -0.147. The van der Waals surface area contributed by atoms with Gasteiger partial charge in [-0.05, 0) is 12.3 Å². The Hall–Kier alpha value is -1.39. The van der Waals surface area contributed by atoms with Gasteiger partial charge in [-0.2, -0.15) is 4.98 Å². The molecular formula is C10H16N2O3. The quantitative estimate of drug-likeness (QED) is 0.715. The summed E-state index contributed by atoms with van der Waals surface area (Å²) in [7, 11) is 0. The van der Waals surface area contributed by atoms with Gasteiger partial charge in [0.25, 0.3) is 5.89 Å². The third-order valence-electron chi connectivity index (χ3n) is 1.60. The summed E-state index contributed by atoms with van der Waals surface area (Å²) in [5.41, 5.74) is -0.0676. The van der Waals surface area contributed by atoms with Crippen molar-refractivity contribution in [2.45, 2.75) is 40.7 Å². The fourth-order valence-electron chi connectivity index (χ4n) is 1.02. The lowest BCUT2D eigenvalue weighted by Crippen LogP contribution is -2.15. The van der Waals surface area contributed by atoms with E-state index in [1.165, 1.54) is 0 Å². The van der Waals surface area contributed by atoms with Gasteiger partial charge >= 0.3 is 5.97 Å². The molecule has 0 fully saturated rings. The number of carbonyl (C=O) groups excluding carboxylic acids is 1. The molecule has 0 aliphatic rings. The highest BCUT2D eigenvalue weighted by Crippen LogP contribution is 2.19. The Balaban J connectivity index is 2.35. The first-order valence-corrected chi connectivity index (χ1v) is 4.82. The molecule has 15 heavy (non-hydrogen) atoms. The molecule has 0 unspecified atom stereocenters. The fourth-order valence-corrected chi connectivity index (χ4v) is 1.02. The first-order valence-electron chi connectivity index (χ1n) is 4.82. The minimum absolute atomic E-state index is 0.0513. The van der Waals surface area contributed by atoms with E-state index in [-0.39, 0.29) is 18.0 Å². The Bertz CT molecular complexity index is 339. The Morgan fingerprint density at radius 2 is 2.13 bits per heavy atom. The number of esters is 1. The molecule has 0 radical (unpaired) electrons. The van der Waals surface area contributed by atoms with Crippen molar-refractivity contribution in [1.82, 2.24) is 10.1 Å². The Labute approximate surface area is 88.8 Å². The van der Waals surface area contributed by atoms with Gasteiger partial charge in [0.05, 0.1) is 6.42 Å². The average Bonchev–Trinajstić information content (AvgIpc) is 2.45. The third-order valence-corrected chi connectivity index (χ3v) is 1.60. The van der Waals surface area contributed by atoms with Gasteiger partial charge in [-0.25, -0.2) is 0 Å². The zero-order valence-electron chi connectivity index (χ0n) is 9.53. The minimum atomic E-state index is -0.252. The molecule has 0 aromatic carbocycles. The van der Waals surface area contributed by atoms with E-state index in [0.29, 0.717) is 18.1 Å². The maximum atomic E-state index is 11.3. The zero-order valence-corrected chi connectivity index (χ0v) is 9.53. The van der Waals surface area contributed by atoms with Crippen molar-refractivity contribution in [3.8, 4) is 0 Å². The number of aromatic nitrogens is 2. The van der Waals surface area contributed by atoms with Gasteiger partial charge in [-0.3, -0.25) is 4.79 Å². The number of nitrogens with zero attached hydrogens (tertiary/aromatic N) is 2. The Kier molecular flexibility index (Phi) is 3.44. The smallest absolute Gasteiger partial charge is 0.306 e. The van der Waals surface area contributed by atoms with E-state index in [1.807, 2.05) is 20.8 Å². The largest absolute Gasteiger partial charge is 0.456 e. The number of hydrogen-bond acceptors (Lipinski definition) is 5. The maximum Gasteiger partial charge on any atom is 0.306 e. The molecule has 0 saturated heterocycles. The molecule has 5 heteroatoms. The van der Waals surface area contributed by atoms with Crippen LogP contribution in [-0.2, 0) is 16.1 Å². The second-order valence-corrected chi connectivity index (χ2v) is 4.63. The molecule has 1 heterocycles. The summed E-state index contributed by atoms with van der Waals surface area (Å²) in [6.45, 7) is 7.70. The zero-order chi connectivity index (χ0) is 11.5. The minimum Gasteiger partial charge on any atom is -0.456 e. The molecule has 0 bridgehead atoms. The summed E-state index contributed by atoms with van der Waals surface area (Å²) in [6, 6.07) is 0. The number of rotatable bonds is 3. The molecule has 0 saturated carbocycles. The van der Waals surface area contributed by atoms with Crippen molar-refractivity contribution < 1.29 is 14.1 Å². The van der Waals surface area contributed by atoms with Crippen LogP contribution < -0.4 is 0 Å². The van der Waals surface area contributed by atoms with E-state index in [9.17, 15) is 4.79 Å². The van der Waals surface area contributed by atoms with Crippen molar-refractivity contribution >= 4 is 5.97 Å². The summed E-state index contributed by atoms with van der Waals surface area (Å²) in [5.74, 6) is 0.616. The van der Waals surface area contributed by atoms with E-state index in [4.69, 9.17) is 9.26 Å². The summed E-state index contributed by atoms with van der Waals surface area (Å²) < 4.78 is 9.79. The van der Waals surface area contributed by atoms with E-state index in [1.54, 1.807) is 6.92 Å². The number of carbonyl (C=O) groups is 1. The molecule has 0 atom stereocenters. The summed E-state index contributed by atoms with van der Waals surface area (Å²) in [5, 5.41) is 3.59. The molecule has 1 rings (SSSR count). The monoisotopic (exact) mass is 212 g/mol. The van der Waals surface area contributed by atoms with Gasteiger partial charge in [-0.1, -0.05) is 25.9 Å². The van der Waals surface area contributed by atoms with Crippen LogP contribution in [0.25, 0.3) is 0 Å². The molecular weight excluding hydrogens is 196 g/mol. The first kappa shape index (κ1) is 11.7. The molecule has 1 aromatic heterocycles. The van der Waals surface area contributed by atoms with Crippen molar-refractivity contribution in [3.05, 3.63) is 11.7 Å².